The van der Waals surface area contributed by atoms with Gasteiger partial charge in [0.1, 0.15) is 0 Å². The molecule has 2 N–H and O–H groups in total. The number of amides is 2. The lowest BCUT2D eigenvalue weighted by molar-refractivity contribution is -0.140. The van der Waals surface area contributed by atoms with Crippen LogP contribution in [0.25, 0.3) is 0 Å². The molecule has 1 aliphatic rings. The van der Waals surface area contributed by atoms with Crippen LogP contribution in [-0.2, 0) is 4.79 Å². The van der Waals surface area contributed by atoms with E-state index in [2.05, 4.69) is 15.6 Å². The molecule has 0 unspecified atom stereocenters. The zero-order valence-corrected chi connectivity index (χ0v) is 14.1. The van der Waals surface area contributed by atoms with E-state index in [4.69, 9.17) is 0 Å². The Kier molecular flexibility index (Phi) is 5.09. The van der Waals surface area contributed by atoms with Gasteiger partial charge in [0.05, 0.1) is 18.1 Å². The van der Waals surface area contributed by atoms with Crippen LogP contribution < -0.4 is 10.6 Å². The van der Waals surface area contributed by atoms with Crippen molar-refractivity contribution < 1.29 is 19.5 Å². The zero-order valence-electron chi connectivity index (χ0n) is 14.1. The van der Waals surface area contributed by atoms with E-state index >= 15 is 0 Å². The molecule has 2 amide bonds. The molecule has 7 heteroatoms. The van der Waals surface area contributed by atoms with Crippen molar-refractivity contribution in [1.82, 2.24) is 10.3 Å². The first kappa shape index (κ1) is 17.8. The molecule has 1 saturated heterocycles. The van der Waals surface area contributed by atoms with Crippen molar-refractivity contribution in [3.05, 3.63) is 59.9 Å². The number of aromatic nitrogens is 1. The molecule has 3 rings (SSSR count). The average molecular weight is 352 g/mol. The maximum atomic E-state index is 12.5. The van der Waals surface area contributed by atoms with Crippen molar-refractivity contribution in [2.24, 2.45) is 5.92 Å². The van der Waals surface area contributed by atoms with Crippen LogP contribution in [0.3, 0.4) is 0 Å². The molecule has 1 fully saturated rings. The number of hydrogen-bond acceptors (Lipinski definition) is 5. The number of nitrogens with zero attached hydrogens (tertiary/aromatic N) is 2. The Morgan fingerprint density at radius 1 is 1.19 bits per heavy atom. The third kappa shape index (κ3) is 3.78. The maximum Gasteiger partial charge on any atom is 0.255 e. The molecule has 0 spiro atoms. The fourth-order valence-corrected chi connectivity index (χ4v) is 2.89. The molecular weight excluding hydrogens is 334 g/mol. The molecule has 2 aromatic rings. The van der Waals surface area contributed by atoms with Crippen molar-refractivity contribution >= 4 is 23.3 Å². The first-order chi connectivity index (χ1) is 12.5. The van der Waals surface area contributed by atoms with Crippen LogP contribution in [-0.4, -0.2) is 39.8 Å². The molecule has 0 bridgehead atoms. The van der Waals surface area contributed by atoms with Gasteiger partial charge in [-0.1, -0.05) is 12.1 Å². The summed E-state index contributed by atoms with van der Waals surface area (Å²) in [6.07, 6.45) is 2.32. The number of β-lactam (4-membered cyclic amide) rings is 1. The van der Waals surface area contributed by atoms with E-state index in [-0.39, 0.29) is 24.0 Å². The lowest BCUT2D eigenvalue weighted by Crippen LogP contribution is -2.57. The number of nitrogens with one attached hydrogen (secondary N) is 1. The molecule has 1 radical (unpaired) electrons. The lowest BCUT2D eigenvalue weighted by atomic mass is 9.82. The summed E-state index contributed by atoms with van der Waals surface area (Å²) in [5, 5.41) is 16.1. The summed E-state index contributed by atoms with van der Waals surface area (Å²) in [5.74, 6) is -1.56. The van der Waals surface area contributed by atoms with Crippen molar-refractivity contribution in [2.75, 3.05) is 5.32 Å². The van der Waals surface area contributed by atoms with Crippen LogP contribution in [0.4, 0.5) is 5.69 Å². The van der Waals surface area contributed by atoms with E-state index in [0.29, 0.717) is 16.8 Å². The first-order valence-corrected chi connectivity index (χ1v) is 8.23. The summed E-state index contributed by atoms with van der Waals surface area (Å²) in [4.78, 5) is 40.1. The number of ketones is 1. The van der Waals surface area contributed by atoms with Gasteiger partial charge >= 0.3 is 0 Å². The van der Waals surface area contributed by atoms with E-state index in [9.17, 15) is 19.5 Å². The Morgan fingerprint density at radius 2 is 1.88 bits per heavy atom. The number of carbonyl (C=O) groups is 3. The highest BCUT2D eigenvalue weighted by Gasteiger charge is 2.45. The number of hydrogen-bond donors (Lipinski definition) is 2. The van der Waals surface area contributed by atoms with E-state index in [1.165, 1.54) is 13.0 Å². The molecule has 0 saturated carbocycles. The topological polar surface area (TPSA) is 110 Å². The van der Waals surface area contributed by atoms with Crippen LogP contribution in [0.1, 0.15) is 34.1 Å². The van der Waals surface area contributed by atoms with Gasteiger partial charge in [0.25, 0.3) is 5.91 Å². The van der Waals surface area contributed by atoms with Crippen molar-refractivity contribution in [1.29, 1.82) is 0 Å². The normalized spacial score (nSPS) is 19.8. The average Bonchev–Trinajstić information content (AvgIpc) is 2.61. The Bertz CT molecular complexity index is 836. The lowest BCUT2D eigenvalue weighted by Gasteiger charge is -2.35. The number of rotatable bonds is 6. The molecule has 7 nitrogen and oxygen atoms in total. The van der Waals surface area contributed by atoms with Crippen LogP contribution in [0.2, 0.25) is 0 Å². The predicted octanol–water partition coefficient (Wildman–Crippen LogP) is 1.42. The number of Topliss-reactive ketones (excluding diaryl/α,β-unsaturated/α-hetero) is 1. The molecular formula is C19H18N3O4. The number of aliphatic hydroxyl groups is 1. The highest BCUT2D eigenvalue weighted by molar-refractivity contribution is 6.06. The monoisotopic (exact) mass is 352 g/mol. The molecule has 1 aromatic heterocycles. The molecule has 2 heterocycles. The van der Waals surface area contributed by atoms with Gasteiger partial charge in [0.2, 0.25) is 5.91 Å². The number of carbonyl (C=O) groups excluding carboxylic acids is 3. The maximum absolute atomic E-state index is 12.5. The number of aliphatic hydroxyl groups excluding tert-OH is 1. The van der Waals surface area contributed by atoms with Gasteiger partial charge in [0.15, 0.2) is 5.78 Å². The quantitative estimate of drug-likeness (QED) is 0.603. The van der Waals surface area contributed by atoms with E-state index in [0.717, 1.165) is 0 Å². The van der Waals surface area contributed by atoms with Gasteiger partial charge in [-0.25, -0.2) is 5.32 Å². The second kappa shape index (κ2) is 7.45. The second-order valence-corrected chi connectivity index (χ2v) is 6.20. The van der Waals surface area contributed by atoms with Crippen molar-refractivity contribution in [2.45, 2.75) is 25.5 Å². The second-order valence-electron chi connectivity index (χ2n) is 6.20. The number of anilines is 1. The van der Waals surface area contributed by atoms with Crippen LogP contribution in [0.5, 0.6) is 0 Å². The first-order valence-electron chi connectivity index (χ1n) is 8.23. The zero-order chi connectivity index (χ0) is 18.7. The van der Waals surface area contributed by atoms with Crippen LogP contribution in [0.15, 0.2) is 48.8 Å². The molecule has 0 aliphatic carbocycles. The minimum Gasteiger partial charge on any atom is -0.393 e. The van der Waals surface area contributed by atoms with E-state index in [1.54, 1.807) is 42.7 Å². The van der Waals surface area contributed by atoms with Gasteiger partial charge in [-0.15, -0.1) is 0 Å². The summed E-state index contributed by atoms with van der Waals surface area (Å²) in [7, 11) is 0. The third-order valence-electron chi connectivity index (χ3n) is 4.29. The standard InChI is InChI=1S/C19H18N3O4/c1-11(23)17-15(22-19(17)26)10-16(24)12-3-2-4-13(9-12)18(25)21-14-5-7-20-8-6-14/h2-9,11,15,17,23H,10H2,1H3,(H,20,21,25)/t11-,15-,17-/m1/s1. The van der Waals surface area contributed by atoms with Gasteiger partial charge in [0, 0.05) is 35.6 Å². The molecule has 3 atom stereocenters. The highest BCUT2D eigenvalue weighted by Crippen LogP contribution is 2.25. The van der Waals surface area contributed by atoms with E-state index in [1.807, 2.05) is 0 Å². The third-order valence-corrected chi connectivity index (χ3v) is 4.29. The van der Waals surface area contributed by atoms with Crippen molar-refractivity contribution in [3.63, 3.8) is 0 Å². The fraction of sp³-hybridized carbons (Fsp3) is 0.263. The van der Waals surface area contributed by atoms with Gasteiger partial charge in [-0.2, -0.15) is 0 Å². The van der Waals surface area contributed by atoms with Gasteiger partial charge in [-0.3, -0.25) is 19.4 Å². The minimum atomic E-state index is -0.838. The Morgan fingerprint density at radius 3 is 2.54 bits per heavy atom. The minimum absolute atomic E-state index is 0.0245. The molecule has 1 aromatic carbocycles. The largest absolute Gasteiger partial charge is 0.393 e. The number of pyridine rings is 1. The molecule has 1 aliphatic heterocycles. The Labute approximate surface area is 150 Å². The highest BCUT2D eigenvalue weighted by atomic mass is 16.3. The summed E-state index contributed by atoms with van der Waals surface area (Å²) in [6, 6.07) is 9.19. The molecule has 133 valence electrons. The summed E-state index contributed by atoms with van der Waals surface area (Å²) < 4.78 is 0. The summed E-state index contributed by atoms with van der Waals surface area (Å²) in [6.45, 7) is 1.51. The van der Waals surface area contributed by atoms with Crippen LogP contribution in [0, 0.1) is 5.92 Å². The fourth-order valence-electron chi connectivity index (χ4n) is 2.89. The van der Waals surface area contributed by atoms with Crippen molar-refractivity contribution in [3.8, 4) is 0 Å². The molecule has 26 heavy (non-hydrogen) atoms. The summed E-state index contributed by atoms with van der Waals surface area (Å²) in [5.41, 5.74) is 1.32. The SMILES string of the molecule is C[C@@H](O)[C@H]1C(=O)[N][C@@H]1CC(=O)c1cccc(C(=O)Nc2ccncc2)c1. The number of benzene rings is 1. The predicted molar refractivity (Wildman–Crippen MR) is 93.7 cm³/mol. The van der Waals surface area contributed by atoms with Gasteiger partial charge < -0.3 is 10.4 Å². The van der Waals surface area contributed by atoms with E-state index < -0.39 is 18.1 Å². The Hall–Kier alpha value is -3.06. The summed E-state index contributed by atoms with van der Waals surface area (Å²) >= 11 is 0. The smallest absolute Gasteiger partial charge is 0.255 e. The Balaban J connectivity index is 1.68. The van der Waals surface area contributed by atoms with Gasteiger partial charge in [-0.05, 0) is 31.2 Å². The van der Waals surface area contributed by atoms with Crippen LogP contribution >= 0.6 is 0 Å².